The maximum absolute atomic E-state index is 13.0. The van der Waals surface area contributed by atoms with Crippen molar-refractivity contribution in [3.8, 4) is 0 Å². The number of rotatable bonds is 3. The van der Waals surface area contributed by atoms with Crippen LogP contribution in [0.2, 0.25) is 0 Å². The number of benzene rings is 1. The summed E-state index contributed by atoms with van der Waals surface area (Å²) in [5.74, 6) is -2.66. The summed E-state index contributed by atoms with van der Waals surface area (Å²) in [5, 5.41) is 11.3. The van der Waals surface area contributed by atoms with Crippen molar-refractivity contribution in [2.45, 2.75) is 0 Å². The lowest BCUT2D eigenvalue weighted by molar-refractivity contribution is 0.0697. The number of halogens is 1. The highest BCUT2D eigenvalue weighted by atomic mass is 19.1. The maximum atomic E-state index is 13.0. The summed E-state index contributed by atoms with van der Waals surface area (Å²) < 4.78 is 13.0. The summed E-state index contributed by atoms with van der Waals surface area (Å²) in [6, 6.07) is 3.06. The molecule has 0 aliphatic carbocycles. The highest BCUT2D eigenvalue weighted by Crippen LogP contribution is 2.17. The third-order valence-electron chi connectivity index (χ3n) is 2.26. The van der Waals surface area contributed by atoms with Gasteiger partial charge in [0.25, 0.3) is 5.91 Å². The molecule has 2 rings (SSSR count). The molecule has 0 fully saturated rings. The molecule has 0 aliphatic rings. The van der Waals surface area contributed by atoms with Crippen LogP contribution in [0.5, 0.6) is 0 Å². The van der Waals surface area contributed by atoms with E-state index < -0.39 is 17.7 Å². The number of amides is 1. The molecule has 0 bridgehead atoms. The molecule has 0 radical (unpaired) electrons. The predicted molar refractivity (Wildman–Crippen MR) is 63.3 cm³/mol. The largest absolute Gasteiger partial charge is 0.478 e. The Morgan fingerprint density at radius 1 is 1.26 bits per heavy atom. The number of hydrogen-bond donors (Lipinski definition) is 2. The van der Waals surface area contributed by atoms with E-state index in [0.717, 1.165) is 12.1 Å². The van der Waals surface area contributed by atoms with Gasteiger partial charge in [-0.25, -0.2) is 14.2 Å². The Morgan fingerprint density at radius 3 is 2.68 bits per heavy atom. The zero-order valence-corrected chi connectivity index (χ0v) is 9.50. The van der Waals surface area contributed by atoms with E-state index in [0.29, 0.717) is 0 Å². The molecular formula is C12H8FN3O3. The highest BCUT2D eigenvalue weighted by molar-refractivity contribution is 6.06. The van der Waals surface area contributed by atoms with Crippen LogP contribution < -0.4 is 5.32 Å². The van der Waals surface area contributed by atoms with E-state index in [2.05, 4.69) is 15.3 Å². The van der Waals surface area contributed by atoms with Gasteiger partial charge in [-0.2, -0.15) is 0 Å². The normalized spacial score (nSPS) is 9.95. The first-order valence-electron chi connectivity index (χ1n) is 5.18. The number of nitrogens with zero attached hydrogens (tertiary/aromatic N) is 2. The van der Waals surface area contributed by atoms with Crippen LogP contribution in [0.15, 0.2) is 36.8 Å². The first-order chi connectivity index (χ1) is 9.08. The molecule has 1 aromatic heterocycles. The van der Waals surface area contributed by atoms with Crippen molar-refractivity contribution in [2.75, 3.05) is 5.32 Å². The van der Waals surface area contributed by atoms with Gasteiger partial charge in [0.15, 0.2) is 0 Å². The number of aromatic nitrogens is 2. The summed E-state index contributed by atoms with van der Waals surface area (Å²) in [5.41, 5.74) is -0.315. The molecule has 0 atom stereocenters. The fourth-order valence-corrected chi connectivity index (χ4v) is 1.41. The molecule has 0 aliphatic heterocycles. The molecule has 1 heterocycles. The fraction of sp³-hybridized carbons (Fsp3) is 0. The molecular weight excluding hydrogens is 253 g/mol. The Morgan fingerprint density at radius 2 is 2.05 bits per heavy atom. The first kappa shape index (κ1) is 12.6. The number of carboxylic acids is 1. The summed E-state index contributed by atoms with van der Waals surface area (Å²) >= 11 is 0. The standard InChI is InChI=1S/C12H8FN3O3/c13-7-1-2-9(8(5-7)12(18)19)16-11(17)10-6-14-3-4-15-10/h1-6H,(H,16,17)(H,18,19). The van der Waals surface area contributed by atoms with Gasteiger partial charge in [-0.1, -0.05) is 0 Å². The second kappa shape index (κ2) is 5.21. The second-order valence-corrected chi connectivity index (χ2v) is 3.54. The number of carbonyl (C=O) groups excluding carboxylic acids is 1. The molecule has 1 aromatic carbocycles. The molecule has 19 heavy (non-hydrogen) atoms. The minimum atomic E-state index is -1.34. The summed E-state index contributed by atoms with van der Waals surface area (Å²) in [4.78, 5) is 30.2. The van der Waals surface area contributed by atoms with Gasteiger partial charge in [-0.3, -0.25) is 9.78 Å². The number of carboxylic acid groups (broad SMARTS) is 1. The van der Waals surface area contributed by atoms with Gasteiger partial charge in [-0.15, -0.1) is 0 Å². The van der Waals surface area contributed by atoms with E-state index >= 15 is 0 Å². The second-order valence-electron chi connectivity index (χ2n) is 3.54. The number of nitrogens with one attached hydrogen (secondary N) is 1. The van der Waals surface area contributed by atoms with E-state index in [1.165, 1.54) is 24.7 Å². The number of carbonyl (C=O) groups is 2. The molecule has 6 nitrogen and oxygen atoms in total. The number of aromatic carboxylic acids is 1. The molecule has 0 saturated carbocycles. The monoisotopic (exact) mass is 261 g/mol. The van der Waals surface area contributed by atoms with Crippen LogP contribution in [-0.4, -0.2) is 27.0 Å². The zero-order valence-electron chi connectivity index (χ0n) is 9.50. The predicted octanol–water partition coefficient (Wildman–Crippen LogP) is 1.57. The average Bonchev–Trinajstić information content (AvgIpc) is 2.41. The number of hydrogen-bond acceptors (Lipinski definition) is 4. The van der Waals surface area contributed by atoms with Crippen LogP contribution in [0.4, 0.5) is 10.1 Å². The lowest BCUT2D eigenvalue weighted by Gasteiger charge is -2.07. The van der Waals surface area contributed by atoms with E-state index in [4.69, 9.17) is 5.11 Å². The van der Waals surface area contributed by atoms with Crippen LogP contribution >= 0.6 is 0 Å². The Kier molecular flexibility index (Phi) is 3.46. The van der Waals surface area contributed by atoms with E-state index in [9.17, 15) is 14.0 Å². The summed E-state index contributed by atoms with van der Waals surface area (Å²) in [6.07, 6.45) is 3.97. The van der Waals surface area contributed by atoms with E-state index in [1.54, 1.807) is 0 Å². The summed E-state index contributed by atoms with van der Waals surface area (Å²) in [6.45, 7) is 0. The van der Waals surface area contributed by atoms with Gasteiger partial charge in [-0.05, 0) is 18.2 Å². The van der Waals surface area contributed by atoms with Crippen molar-refractivity contribution in [1.29, 1.82) is 0 Å². The highest BCUT2D eigenvalue weighted by Gasteiger charge is 2.15. The van der Waals surface area contributed by atoms with Gasteiger partial charge in [0, 0.05) is 12.4 Å². The Bertz CT molecular complexity index is 631. The minimum absolute atomic E-state index is 0.00967. The van der Waals surface area contributed by atoms with Crippen LogP contribution in [-0.2, 0) is 0 Å². The molecule has 1 amide bonds. The zero-order chi connectivity index (χ0) is 13.8. The van der Waals surface area contributed by atoms with E-state index in [-0.39, 0.29) is 16.9 Å². The minimum Gasteiger partial charge on any atom is -0.478 e. The van der Waals surface area contributed by atoms with Gasteiger partial charge in [0.05, 0.1) is 17.4 Å². The molecule has 0 unspecified atom stereocenters. The lowest BCUT2D eigenvalue weighted by atomic mass is 10.1. The first-order valence-corrected chi connectivity index (χ1v) is 5.18. The van der Waals surface area contributed by atoms with Crippen molar-refractivity contribution >= 4 is 17.6 Å². The Labute approximate surface area is 106 Å². The van der Waals surface area contributed by atoms with E-state index in [1.807, 2.05) is 0 Å². The smallest absolute Gasteiger partial charge is 0.337 e. The van der Waals surface area contributed by atoms with Gasteiger partial charge in [0.2, 0.25) is 0 Å². The van der Waals surface area contributed by atoms with Gasteiger partial charge >= 0.3 is 5.97 Å². The Hall–Kier alpha value is -2.83. The van der Waals surface area contributed by atoms with Crippen molar-refractivity contribution in [3.63, 3.8) is 0 Å². The van der Waals surface area contributed by atoms with Crippen molar-refractivity contribution < 1.29 is 19.1 Å². The van der Waals surface area contributed by atoms with Crippen molar-refractivity contribution in [2.24, 2.45) is 0 Å². The van der Waals surface area contributed by atoms with Crippen LogP contribution in [0.25, 0.3) is 0 Å². The van der Waals surface area contributed by atoms with Crippen molar-refractivity contribution in [1.82, 2.24) is 9.97 Å². The average molecular weight is 261 g/mol. The molecule has 2 N–H and O–H groups in total. The quantitative estimate of drug-likeness (QED) is 0.874. The molecule has 7 heteroatoms. The topological polar surface area (TPSA) is 92.2 Å². The Balaban J connectivity index is 2.29. The SMILES string of the molecule is O=C(Nc1ccc(F)cc1C(=O)O)c1cnccn1. The number of anilines is 1. The van der Waals surface area contributed by atoms with Crippen LogP contribution in [0.1, 0.15) is 20.8 Å². The summed E-state index contributed by atoms with van der Waals surface area (Å²) in [7, 11) is 0. The van der Waals surface area contributed by atoms with Crippen LogP contribution in [0, 0.1) is 5.82 Å². The third kappa shape index (κ3) is 2.89. The molecule has 2 aromatic rings. The van der Waals surface area contributed by atoms with Crippen LogP contribution in [0.3, 0.4) is 0 Å². The third-order valence-corrected chi connectivity index (χ3v) is 2.26. The molecule has 0 saturated heterocycles. The fourth-order valence-electron chi connectivity index (χ4n) is 1.41. The lowest BCUT2D eigenvalue weighted by Crippen LogP contribution is -2.16. The molecule has 0 spiro atoms. The maximum Gasteiger partial charge on any atom is 0.337 e. The van der Waals surface area contributed by atoms with Crippen molar-refractivity contribution in [3.05, 3.63) is 53.9 Å². The van der Waals surface area contributed by atoms with Gasteiger partial charge in [0.1, 0.15) is 11.5 Å². The van der Waals surface area contributed by atoms with Gasteiger partial charge < -0.3 is 10.4 Å². The molecule has 96 valence electrons.